The van der Waals surface area contributed by atoms with Gasteiger partial charge < -0.3 is 30.8 Å². The van der Waals surface area contributed by atoms with Crippen molar-refractivity contribution in [1.29, 1.82) is 0 Å². The molecule has 6 N–H and O–H groups in total. The van der Waals surface area contributed by atoms with E-state index in [9.17, 15) is 19.8 Å². The third-order valence-electron chi connectivity index (χ3n) is 8.07. The van der Waals surface area contributed by atoms with Gasteiger partial charge >= 0.3 is 0 Å². The summed E-state index contributed by atoms with van der Waals surface area (Å²) in [5.41, 5.74) is 3.98. The van der Waals surface area contributed by atoms with Crippen LogP contribution in [0.1, 0.15) is 53.2 Å². The molecule has 0 radical (unpaired) electrons. The van der Waals surface area contributed by atoms with Crippen molar-refractivity contribution in [1.82, 2.24) is 30.6 Å². The lowest BCUT2D eigenvalue weighted by atomic mass is 9.86. The molecule has 2 unspecified atom stereocenters. The van der Waals surface area contributed by atoms with Gasteiger partial charge in [0.15, 0.2) is 0 Å². The van der Waals surface area contributed by atoms with Crippen LogP contribution < -0.4 is 10.6 Å². The first-order chi connectivity index (χ1) is 19.8. The predicted octanol–water partition coefficient (Wildman–Crippen LogP) is 4.18. The minimum Gasteiger partial charge on any atom is -0.392 e. The van der Waals surface area contributed by atoms with Gasteiger partial charge in [-0.25, -0.2) is 9.97 Å². The summed E-state index contributed by atoms with van der Waals surface area (Å²) in [6.45, 7) is 10.5. The maximum absolute atomic E-state index is 12.4. The summed E-state index contributed by atoms with van der Waals surface area (Å²) in [6.07, 6.45) is 1.95. The van der Waals surface area contributed by atoms with E-state index in [-0.39, 0.29) is 24.9 Å². The third kappa shape index (κ3) is 6.78. The van der Waals surface area contributed by atoms with E-state index in [4.69, 9.17) is 0 Å². The van der Waals surface area contributed by atoms with Crippen molar-refractivity contribution in [2.75, 3.05) is 0 Å². The molecule has 2 atom stereocenters. The number of aliphatic hydroxyl groups excluding tert-OH is 2. The summed E-state index contributed by atoms with van der Waals surface area (Å²) in [5, 5.41) is 25.3. The van der Waals surface area contributed by atoms with Gasteiger partial charge in [-0.2, -0.15) is 0 Å². The van der Waals surface area contributed by atoms with Crippen LogP contribution in [0.4, 0.5) is 0 Å². The molecule has 0 aliphatic heterocycles. The Labute approximate surface area is 246 Å². The van der Waals surface area contributed by atoms with Crippen LogP contribution in [0.15, 0.2) is 60.9 Å². The largest absolute Gasteiger partial charge is 0.392 e. The van der Waals surface area contributed by atoms with Crippen LogP contribution in [-0.2, 0) is 22.7 Å². The van der Waals surface area contributed by atoms with E-state index < -0.39 is 23.0 Å². The van der Waals surface area contributed by atoms with Crippen LogP contribution in [0.2, 0.25) is 0 Å². The molecule has 0 saturated heterocycles. The van der Waals surface area contributed by atoms with Gasteiger partial charge in [-0.3, -0.25) is 9.59 Å². The van der Waals surface area contributed by atoms with E-state index in [0.717, 1.165) is 33.6 Å². The second kappa shape index (κ2) is 12.3. The number of amides is 2. The van der Waals surface area contributed by atoms with Crippen molar-refractivity contribution >= 4 is 11.8 Å². The Morgan fingerprint density at radius 3 is 1.29 bits per heavy atom. The molecule has 4 aromatic rings. The molecule has 2 amide bonds. The van der Waals surface area contributed by atoms with Crippen LogP contribution in [-0.4, -0.2) is 54.2 Å². The van der Waals surface area contributed by atoms with Gasteiger partial charge in [-0.15, -0.1) is 0 Å². The van der Waals surface area contributed by atoms with Crippen molar-refractivity contribution in [3.05, 3.63) is 72.6 Å². The number of carbonyl (C=O) groups excluding carboxylic acids is 2. The zero-order chi connectivity index (χ0) is 30.7. The zero-order valence-electron chi connectivity index (χ0n) is 24.9. The first-order valence-corrected chi connectivity index (χ1v) is 14.0. The van der Waals surface area contributed by atoms with E-state index in [1.807, 2.05) is 48.5 Å². The number of nitrogens with zero attached hydrogens (tertiary/aromatic N) is 2. The van der Waals surface area contributed by atoms with E-state index in [1.165, 1.54) is 0 Å². The highest BCUT2D eigenvalue weighted by molar-refractivity contribution is 5.82. The first kappa shape index (κ1) is 30.7. The zero-order valence-corrected chi connectivity index (χ0v) is 24.9. The van der Waals surface area contributed by atoms with Gasteiger partial charge in [0.2, 0.25) is 11.8 Å². The maximum Gasteiger partial charge on any atom is 0.228 e. The van der Waals surface area contributed by atoms with E-state index in [0.29, 0.717) is 11.6 Å². The molecular formula is C32H40N6O4. The quantitative estimate of drug-likeness (QED) is 0.158. The van der Waals surface area contributed by atoms with Gasteiger partial charge in [-0.1, -0.05) is 48.5 Å². The number of hydrogen-bond donors (Lipinski definition) is 6. The van der Waals surface area contributed by atoms with Crippen molar-refractivity contribution < 1.29 is 19.8 Å². The number of carbonyl (C=O) groups is 2. The van der Waals surface area contributed by atoms with Gasteiger partial charge in [0, 0.05) is 0 Å². The number of aromatic nitrogens is 4. The van der Waals surface area contributed by atoms with Crippen molar-refractivity contribution in [3.8, 4) is 33.6 Å². The molecule has 0 aliphatic rings. The normalized spacial score (nSPS) is 13.4. The number of H-pyrrole nitrogens is 2. The number of aromatic amines is 2. The molecule has 10 nitrogen and oxygen atoms in total. The fourth-order valence-electron chi connectivity index (χ4n) is 4.05. The molecule has 2 aromatic heterocycles. The molecular weight excluding hydrogens is 532 g/mol. The third-order valence-corrected chi connectivity index (χ3v) is 8.07. The number of aliphatic hydroxyl groups is 2. The lowest BCUT2D eigenvalue weighted by Gasteiger charge is -2.26. The van der Waals surface area contributed by atoms with Crippen molar-refractivity contribution in [2.24, 2.45) is 10.8 Å². The second-order valence-corrected chi connectivity index (χ2v) is 11.8. The van der Waals surface area contributed by atoms with E-state index >= 15 is 0 Å². The van der Waals surface area contributed by atoms with Crippen LogP contribution >= 0.6 is 0 Å². The summed E-state index contributed by atoms with van der Waals surface area (Å²) in [5.74, 6) is 0.792. The second-order valence-electron chi connectivity index (χ2n) is 11.8. The molecule has 10 heteroatoms. The Morgan fingerprint density at radius 1 is 0.667 bits per heavy atom. The summed E-state index contributed by atoms with van der Waals surface area (Å²) < 4.78 is 0. The molecule has 0 spiro atoms. The molecule has 2 aromatic carbocycles. The molecule has 0 bridgehead atoms. The van der Waals surface area contributed by atoms with Gasteiger partial charge in [0.1, 0.15) is 11.6 Å². The van der Waals surface area contributed by atoms with Gasteiger partial charge in [0.25, 0.3) is 0 Å². The number of hydrogen-bond acceptors (Lipinski definition) is 6. The standard InChI is InChI=1S/C32H40N6O4/c1-19(39)31(3,4)29(41)35-17-27-33-15-25(37-27)23-11-7-21(8-12-23)22-9-13-24(14-10-22)26-16-34-28(38-26)18-36-30(42)32(5,6)20(2)40/h7-16,19-20,39-40H,17-18H2,1-6H3,(H,33,37)(H,34,38)(H,35,41)(H,36,42). The minimum absolute atomic E-state index is 0.236. The van der Waals surface area contributed by atoms with E-state index in [2.05, 4.69) is 30.6 Å². The fraction of sp³-hybridized carbons (Fsp3) is 0.375. The van der Waals surface area contributed by atoms with E-state index in [1.54, 1.807) is 53.9 Å². The first-order valence-electron chi connectivity index (χ1n) is 14.0. The van der Waals surface area contributed by atoms with Crippen LogP contribution in [0, 0.1) is 10.8 Å². The van der Waals surface area contributed by atoms with Gasteiger partial charge in [0.05, 0.1) is 59.9 Å². The fourth-order valence-corrected chi connectivity index (χ4v) is 4.05. The lowest BCUT2D eigenvalue weighted by molar-refractivity contribution is -0.135. The van der Waals surface area contributed by atoms with Crippen molar-refractivity contribution in [2.45, 2.75) is 66.8 Å². The SMILES string of the molecule is CC(O)C(C)(C)C(=O)NCc1ncc(-c2ccc(-c3ccc(-c4cnc(CNC(=O)C(C)(C)C(C)O)[nH]4)cc3)cc2)[nH]1. The van der Waals surface area contributed by atoms with Crippen molar-refractivity contribution in [3.63, 3.8) is 0 Å². The van der Waals surface area contributed by atoms with Crippen LogP contribution in [0.5, 0.6) is 0 Å². The highest BCUT2D eigenvalue weighted by Crippen LogP contribution is 2.27. The Kier molecular flexibility index (Phi) is 8.98. The molecule has 0 saturated carbocycles. The van der Waals surface area contributed by atoms with Crippen LogP contribution in [0.3, 0.4) is 0 Å². The number of benzene rings is 2. The molecule has 4 rings (SSSR count). The number of rotatable bonds is 11. The molecule has 0 aliphatic carbocycles. The highest BCUT2D eigenvalue weighted by atomic mass is 16.3. The Balaban J connectivity index is 1.35. The smallest absolute Gasteiger partial charge is 0.228 e. The summed E-state index contributed by atoms with van der Waals surface area (Å²) in [7, 11) is 0. The Morgan fingerprint density at radius 2 is 0.976 bits per heavy atom. The lowest BCUT2D eigenvalue weighted by Crippen LogP contribution is -2.43. The van der Waals surface area contributed by atoms with Crippen LogP contribution in [0.25, 0.3) is 33.6 Å². The topological polar surface area (TPSA) is 156 Å². The minimum atomic E-state index is -0.887. The molecule has 0 fully saturated rings. The maximum atomic E-state index is 12.4. The summed E-state index contributed by atoms with van der Waals surface area (Å²) in [6, 6.07) is 16.3. The highest BCUT2D eigenvalue weighted by Gasteiger charge is 2.33. The Bertz CT molecular complexity index is 1400. The molecule has 42 heavy (non-hydrogen) atoms. The number of nitrogens with one attached hydrogen (secondary N) is 4. The summed E-state index contributed by atoms with van der Waals surface area (Å²) in [4.78, 5) is 40.0. The average Bonchev–Trinajstić information content (AvgIpc) is 3.65. The average molecular weight is 573 g/mol. The van der Waals surface area contributed by atoms with Gasteiger partial charge in [-0.05, 0) is 63.8 Å². The monoisotopic (exact) mass is 572 g/mol. The Hall–Kier alpha value is -4.28. The number of imidazole rings is 2. The molecule has 222 valence electrons. The summed E-state index contributed by atoms with van der Waals surface area (Å²) >= 11 is 0. The molecule has 2 heterocycles. The predicted molar refractivity (Wildman–Crippen MR) is 162 cm³/mol.